The van der Waals surface area contributed by atoms with Crippen molar-refractivity contribution in [2.45, 2.75) is 24.8 Å². The van der Waals surface area contributed by atoms with E-state index in [9.17, 15) is 18.0 Å². The monoisotopic (exact) mass is 407 g/mol. The Morgan fingerprint density at radius 3 is 2.52 bits per heavy atom. The van der Waals surface area contributed by atoms with Crippen LogP contribution in [0.5, 0.6) is 0 Å². The van der Waals surface area contributed by atoms with Crippen LogP contribution in [0.4, 0.5) is 5.00 Å². The predicted molar refractivity (Wildman–Crippen MR) is 99.8 cm³/mol. The molecule has 0 fully saturated rings. The highest BCUT2D eigenvalue weighted by molar-refractivity contribution is 7.89. The maximum Gasteiger partial charge on any atom is 0.338 e. The minimum Gasteiger partial charge on any atom is -0.449 e. The topological polar surface area (TPSA) is 125 Å². The molecule has 1 aromatic heterocycles. The number of nitrogens with one attached hydrogen (secondary N) is 2. The highest BCUT2D eigenvalue weighted by Crippen LogP contribution is 2.22. The molecule has 0 aliphatic rings. The van der Waals surface area contributed by atoms with Gasteiger partial charge < -0.3 is 10.1 Å². The minimum atomic E-state index is -3.62. The molecule has 27 heavy (non-hydrogen) atoms. The summed E-state index contributed by atoms with van der Waals surface area (Å²) in [6.45, 7) is 3.30. The van der Waals surface area contributed by atoms with Gasteiger partial charge in [0.15, 0.2) is 6.10 Å². The van der Waals surface area contributed by atoms with Crippen molar-refractivity contribution in [3.05, 3.63) is 46.8 Å². The normalized spacial score (nSPS) is 12.0. The number of benzene rings is 1. The van der Waals surface area contributed by atoms with Gasteiger partial charge in [0.2, 0.25) is 10.0 Å². The van der Waals surface area contributed by atoms with E-state index in [1.807, 2.05) is 6.07 Å². The smallest absolute Gasteiger partial charge is 0.338 e. The number of hydrogen-bond donors (Lipinski definition) is 2. The SMILES string of the molecule is CCNS(=O)(=O)c1ccc(C(=O)O[C@H](C)C(=O)Nc2sccc2C#N)cc1. The maximum atomic E-state index is 12.2. The van der Waals surface area contributed by atoms with Crippen LogP contribution in [0.25, 0.3) is 0 Å². The van der Waals surface area contributed by atoms with E-state index in [2.05, 4.69) is 10.0 Å². The summed E-state index contributed by atoms with van der Waals surface area (Å²) in [7, 11) is -3.62. The Balaban J connectivity index is 2.02. The highest BCUT2D eigenvalue weighted by Gasteiger charge is 2.21. The van der Waals surface area contributed by atoms with E-state index < -0.39 is 28.0 Å². The summed E-state index contributed by atoms with van der Waals surface area (Å²) in [6, 6.07) is 8.70. The quantitative estimate of drug-likeness (QED) is 0.677. The van der Waals surface area contributed by atoms with Gasteiger partial charge in [-0.3, -0.25) is 4.79 Å². The van der Waals surface area contributed by atoms with Crippen LogP contribution in [-0.4, -0.2) is 32.9 Å². The number of carbonyl (C=O) groups excluding carboxylic acids is 2. The van der Waals surface area contributed by atoms with Crippen molar-refractivity contribution in [2.24, 2.45) is 0 Å². The summed E-state index contributed by atoms with van der Waals surface area (Å²) in [5.74, 6) is -1.34. The lowest BCUT2D eigenvalue weighted by molar-refractivity contribution is -0.123. The number of nitrogens with zero attached hydrogens (tertiary/aromatic N) is 1. The van der Waals surface area contributed by atoms with E-state index in [1.54, 1.807) is 18.4 Å². The average molecular weight is 407 g/mol. The predicted octanol–water partition coefficient (Wildman–Crippen LogP) is 2.10. The number of carbonyl (C=O) groups is 2. The van der Waals surface area contributed by atoms with Gasteiger partial charge >= 0.3 is 5.97 Å². The van der Waals surface area contributed by atoms with Crippen LogP contribution in [0.1, 0.15) is 29.8 Å². The van der Waals surface area contributed by atoms with Crippen LogP contribution in [-0.2, 0) is 19.6 Å². The standard InChI is InChI=1S/C17H17N3O5S2/c1-3-19-27(23,24)14-6-4-12(5-7-14)17(22)25-11(2)15(21)20-16-13(10-18)8-9-26-16/h4-9,11,19H,3H2,1-2H3,(H,20,21)/t11-/m1/s1. The molecule has 1 aromatic carbocycles. The first-order valence-electron chi connectivity index (χ1n) is 7.87. The van der Waals surface area contributed by atoms with Crippen LogP contribution in [0.15, 0.2) is 40.6 Å². The third-order valence-corrected chi connectivity index (χ3v) is 5.80. The van der Waals surface area contributed by atoms with Gasteiger partial charge in [0.05, 0.1) is 16.0 Å². The number of rotatable bonds is 7. The first kappa shape index (κ1) is 20.6. The fourth-order valence-electron chi connectivity index (χ4n) is 2.03. The van der Waals surface area contributed by atoms with Gasteiger partial charge in [0.1, 0.15) is 11.1 Å². The molecule has 0 spiro atoms. The Bertz CT molecular complexity index is 975. The second-order valence-electron chi connectivity index (χ2n) is 5.34. The first-order valence-corrected chi connectivity index (χ1v) is 10.2. The molecule has 1 amide bonds. The summed E-state index contributed by atoms with van der Waals surface area (Å²) < 4.78 is 31.2. The fourth-order valence-corrected chi connectivity index (χ4v) is 3.81. The Labute approximate surface area is 160 Å². The van der Waals surface area contributed by atoms with Crippen molar-refractivity contribution in [3.8, 4) is 6.07 Å². The Morgan fingerprint density at radius 1 is 1.26 bits per heavy atom. The van der Waals surface area contributed by atoms with E-state index >= 15 is 0 Å². The van der Waals surface area contributed by atoms with Gasteiger partial charge in [-0.25, -0.2) is 17.9 Å². The van der Waals surface area contributed by atoms with Gasteiger partial charge in [-0.15, -0.1) is 11.3 Å². The van der Waals surface area contributed by atoms with Gasteiger partial charge in [-0.2, -0.15) is 5.26 Å². The lowest BCUT2D eigenvalue weighted by Gasteiger charge is -2.13. The molecule has 2 aromatic rings. The molecule has 0 unspecified atom stereocenters. The lowest BCUT2D eigenvalue weighted by atomic mass is 10.2. The van der Waals surface area contributed by atoms with E-state index in [-0.39, 0.29) is 17.0 Å². The first-order chi connectivity index (χ1) is 12.8. The zero-order chi connectivity index (χ0) is 20.0. The van der Waals surface area contributed by atoms with Crippen molar-refractivity contribution < 1.29 is 22.7 Å². The highest BCUT2D eigenvalue weighted by atomic mass is 32.2. The fraction of sp³-hybridized carbons (Fsp3) is 0.235. The number of anilines is 1. The van der Waals surface area contributed by atoms with Crippen LogP contribution < -0.4 is 10.0 Å². The summed E-state index contributed by atoms with van der Waals surface area (Å²) in [5.41, 5.74) is 0.434. The molecule has 0 saturated carbocycles. The largest absolute Gasteiger partial charge is 0.449 e. The zero-order valence-electron chi connectivity index (χ0n) is 14.6. The zero-order valence-corrected chi connectivity index (χ0v) is 16.2. The van der Waals surface area contributed by atoms with Crippen molar-refractivity contribution in [1.29, 1.82) is 5.26 Å². The van der Waals surface area contributed by atoms with E-state index in [1.165, 1.54) is 42.5 Å². The van der Waals surface area contributed by atoms with Crippen LogP contribution >= 0.6 is 11.3 Å². The number of amides is 1. The molecule has 10 heteroatoms. The second kappa shape index (κ2) is 8.77. The molecule has 0 aliphatic carbocycles. The maximum absolute atomic E-state index is 12.2. The van der Waals surface area contributed by atoms with Crippen LogP contribution in [0.2, 0.25) is 0 Å². The number of esters is 1. The molecule has 0 radical (unpaired) electrons. The average Bonchev–Trinajstić information content (AvgIpc) is 3.08. The van der Waals surface area contributed by atoms with E-state index in [0.717, 1.165) is 0 Å². The van der Waals surface area contributed by atoms with E-state index in [0.29, 0.717) is 10.6 Å². The third kappa shape index (κ3) is 5.13. The van der Waals surface area contributed by atoms with Crippen molar-refractivity contribution in [2.75, 3.05) is 11.9 Å². The number of thiophene rings is 1. The molecule has 0 bridgehead atoms. The molecule has 1 heterocycles. The van der Waals surface area contributed by atoms with Crippen LogP contribution in [0.3, 0.4) is 0 Å². The summed E-state index contributed by atoms with van der Waals surface area (Å²) in [4.78, 5) is 24.3. The molecule has 8 nitrogen and oxygen atoms in total. The third-order valence-electron chi connectivity index (χ3n) is 3.41. The molecular formula is C17H17N3O5S2. The molecule has 2 N–H and O–H groups in total. The number of sulfonamides is 1. The van der Waals surface area contributed by atoms with Gasteiger partial charge in [-0.05, 0) is 42.6 Å². The van der Waals surface area contributed by atoms with Gasteiger partial charge in [-0.1, -0.05) is 6.92 Å². The molecule has 0 saturated heterocycles. The molecule has 1 atom stereocenters. The Morgan fingerprint density at radius 2 is 1.93 bits per heavy atom. The van der Waals surface area contributed by atoms with Gasteiger partial charge in [0, 0.05) is 6.54 Å². The number of ether oxygens (including phenoxy) is 1. The molecule has 142 valence electrons. The van der Waals surface area contributed by atoms with Crippen molar-refractivity contribution in [3.63, 3.8) is 0 Å². The van der Waals surface area contributed by atoms with Crippen molar-refractivity contribution in [1.82, 2.24) is 4.72 Å². The Kier molecular flexibility index (Phi) is 6.68. The second-order valence-corrected chi connectivity index (χ2v) is 8.02. The number of nitriles is 1. The lowest BCUT2D eigenvalue weighted by Crippen LogP contribution is -2.30. The van der Waals surface area contributed by atoms with Crippen LogP contribution in [0, 0.1) is 11.3 Å². The molecule has 0 aliphatic heterocycles. The van der Waals surface area contributed by atoms with Crippen molar-refractivity contribution >= 4 is 38.2 Å². The Hall–Kier alpha value is -2.74. The molecule has 2 rings (SSSR count). The van der Waals surface area contributed by atoms with E-state index in [4.69, 9.17) is 10.00 Å². The minimum absolute atomic E-state index is 0.0217. The summed E-state index contributed by atoms with van der Waals surface area (Å²) in [5, 5.41) is 13.5. The summed E-state index contributed by atoms with van der Waals surface area (Å²) >= 11 is 1.19. The number of hydrogen-bond acceptors (Lipinski definition) is 7. The summed E-state index contributed by atoms with van der Waals surface area (Å²) in [6.07, 6.45) is -1.10. The molecular weight excluding hydrogens is 390 g/mol. The van der Waals surface area contributed by atoms with Gasteiger partial charge in [0.25, 0.3) is 5.91 Å².